The number of hydrogen-bond donors (Lipinski definition) is 1. The topological polar surface area (TPSA) is 68.9 Å². The summed E-state index contributed by atoms with van der Waals surface area (Å²) in [5.41, 5.74) is 6.02. The maximum Gasteiger partial charge on any atom is 0.279 e. The van der Waals surface area contributed by atoms with Crippen molar-refractivity contribution >= 4 is 17.2 Å². The highest BCUT2D eigenvalue weighted by atomic mass is 32.1. The summed E-state index contributed by atoms with van der Waals surface area (Å²) in [6, 6.07) is 9.54. The zero-order valence-electron chi connectivity index (χ0n) is 7.18. The second kappa shape index (κ2) is 3.55. The fraction of sp³-hybridized carbons (Fsp3) is 0. The van der Waals surface area contributed by atoms with E-state index in [4.69, 9.17) is 5.73 Å². The summed E-state index contributed by atoms with van der Waals surface area (Å²) >= 11 is 1.20. The molecular weight excluding hydrogens is 198 g/mol. The van der Waals surface area contributed by atoms with Crippen LogP contribution in [0.3, 0.4) is 0 Å². The summed E-state index contributed by atoms with van der Waals surface area (Å²) in [7, 11) is 0. The Morgan fingerprint density at radius 3 is 2.50 bits per heavy atom. The van der Waals surface area contributed by atoms with E-state index in [0.717, 1.165) is 5.56 Å². The van der Waals surface area contributed by atoms with Crippen LogP contribution in [0, 0.1) is 0 Å². The summed E-state index contributed by atoms with van der Waals surface area (Å²) in [5.74, 6) is -0.537. The molecule has 0 saturated carbocycles. The standard InChI is InChI=1S/C9H7N3OS/c10-7(13)9-12-11-8(14-9)6-4-2-1-3-5-6/h1-5H,(H2,10,13). The van der Waals surface area contributed by atoms with Gasteiger partial charge < -0.3 is 5.73 Å². The van der Waals surface area contributed by atoms with E-state index < -0.39 is 5.91 Å². The molecule has 14 heavy (non-hydrogen) atoms. The number of benzene rings is 1. The van der Waals surface area contributed by atoms with Gasteiger partial charge in [-0.15, -0.1) is 10.2 Å². The molecule has 0 aliphatic heterocycles. The largest absolute Gasteiger partial charge is 0.363 e. The van der Waals surface area contributed by atoms with Crippen LogP contribution >= 0.6 is 11.3 Å². The van der Waals surface area contributed by atoms with E-state index in [1.807, 2.05) is 30.3 Å². The lowest BCUT2D eigenvalue weighted by molar-refractivity contribution is 0.0999. The maximum absolute atomic E-state index is 10.8. The number of carbonyl (C=O) groups is 1. The lowest BCUT2D eigenvalue weighted by Crippen LogP contribution is -2.10. The van der Waals surface area contributed by atoms with Gasteiger partial charge in [-0.2, -0.15) is 0 Å². The van der Waals surface area contributed by atoms with E-state index >= 15 is 0 Å². The highest BCUT2D eigenvalue weighted by molar-refractivity contribution is 7.16. The van der Waals surface area contributed by atoms with Crippen LogP contribution in [0.15, 0.2) is 30.3 Å². The number of primary amides is 1. The molecule has 1 aromatic carbocycles. The fourth-order valence-corrected chi connectivity index (χ4v) is 1.72. The van der Waals surface area contributed by atoms with Gasteiger partial charge in [0.25, 0.3) is 5.91 Å². The molecule has 0 aliphatic rings. The molecule has 2 N–H and O–H groups in total. The summed E-state index contributed by atoms with van der Waals surface area (Å²) in [6.07, 6.45) is 0. The Morgan fingerprint density at radius 2 is 1.93 bits per heavy atom. The van der Waals surface area contributed by atoms with Crippen molar-refractivity contribution in [3.63, 3.8) is 0 Å². The Labute approximate surface area is 84.4 Å². The molecule has 0 radical (unpaired) electrons. The normalized spacial score (nSPS) is 10.0. The van der Waals surface area contributed by atoms with Crippen LogP contribution in [-0.2, 0) is 0 Å². The summed E-state index contributed by atoms with van der Waals surface area (Å²) in [4.78, 5) is 10.8. The minimum atomic E-state index is -0.537. The minimum Gasteiger partial charge on any atom is -0.363 e. The van der Waals surface area contributed by atoms with Gasteiger partial charge in [0.15, 0.2) is 0 Å². The highest BCUT2D eigenvalue weighted by Crippen LogP contribution is 2.22. The number of aromatic nitrogens is 2. The van der Waals surface area contributed by atoms with E-state index in [9.17, 15) is 4.79 Å². The van der Waals surface area contributed by atoms with Gasteiger partial charge in [0.2, 0.25) is 5.01 Å². The van der Waals surface area contributed by atoms with Crippen molar-refractivity contribution in [1.29, 1.82) is 0 Å². The molecule has 0 saturated heterocycles. The number of nitrogens with two attached hydrogens (primary N) is 1. The minimum absolute atomic E-state index is 0.240. The van der Waals surface area contributed by atoms with Gasteiger partial charge in [-0.05, 0) is 0 Å². The van der Waals surface area contributed by atoms with E-state index in [1.165, 1.54) is 11.3 Å². The Hall–Kier alpha value is -1.75. The molecule has 4 nitrogen and oxygen atoms in total. The van der Waals surface area contributed by atoms with Crippen LogP contribution in [0.4, 0.5) is 0 Å². The van der Waals surface area contributed by atoms with Crippen molar-refractivity contribution in [3.05, 3.63) is 35.3 Å². The van der Waals surface area contributed by atoms with E-state index in [0.29, 0.717) is 5.01 Å². The molecule has 0 fully saturated rings. The molecule has 0 bridgehead atoms. The third-order valence-corrected chi connectivity index (χ3v) is 2.64. The average Bonchev–Trinajstić information content (AvgIpc) is 2.68. The van der Waals surface area contributed by atoms with Gasteiger partial charge in [0.1, 0.15) is 5.01 Å². The van der Waals surface area contributed by atoms with E-state index in [1.54, 1.807) is 0 Å². The summed E-state index contributed by atoms with van der Waals surface area (Å²) in [6.45, 7) is 0. The predicted molar refractivity (Wildman–Crippen MR) is 53.9 cm³/mol. The van der Waals surface area contributed by atoms with Crippen LogP contribution in [0.5, 0.6) is 0 Å². The van der Waals surface area contributed by atoms with Crippen molar-refractivity contribution in [3.8, 4) is 10.6 Å². The van der Waals surface area contributed by atoms with Crippen LogP contribution in [0.25, 0.3) is 10.6 Å². The first kappa shape index (κ1) is 8.83. The lowest BCUT2D eigenvalue weighted by atomic mass is 10.2. The van der Waals surface area contributed by atoms with Crippen LogP contribution in [0.1, 0.15) is 9.80 Å². The number of amides is 1. The SMILES string of the molecule is NC(=O)c1nnc(-c2ccccc2)s1. The third kappa shape index (κ3) is 1.62. The highest BCUT2D eigenvalue weighted by Gasteiger charge is 2.09. The van der Waals surface area contributed by atoms with E-state index in [-0.39, 0.29) is 5.01 Å². The second-order valence-electron chi connectivity index (χ2n) is 2.64. The first-order valence-corrected chi connectivity index (χ1v) is 4.78. The van der Waals surface area contributed by atoms with Crippen molar-refractivity contribution in [1.82, 2.24) is 10.2 Å². The molecule has 5 heteroatoms. The molecule has 1 heterocycles. The Bertz CT molecular complexity index is 452. The Morgan fingerprint density at radius 1 is 1.21 bits per heavy atom. The first-order valence-electron chi connectivity index (χ1n) is 3.96. The molecule has 0 aliphatic carbocycles. The molecule has 70 valence electrons. The summed E-state index contributed by atoms with van der Waals surface area (Å²) in [5, 5.41) is 8.51. The zero-order chi connectivity index (χ0) is 9.97. The molecule has 0 spiro atoms. The molecular formula is C9H7N3OS. The summed E-state index contributed by atoms with van der Waals surface area (Å²) < 4.78 is 0. The maximum atomic E-state index is 10.8. The van der Waals surface area contributed by atoms with Crippen molar-refractivity contribution in [2.75, 3.05) is 0 Å². The van der Waals surface area contributed by atoms with Crippen LogP contribution < -0.4 is 5.73 Å². The molecule has 0 unspecified atom stereocenters. The molecule has 1 amide bonds. The van der Waals surface area contributed by atoms with Gasteiger partial charge >= 0.3 is 0 Å². The van der Waals surface area contributed by atoms with Gasteiger partial charge in [-0.1, -0.05) is 41.7 Å². The van der Waals surface area contributed by atoms with E-state index in [2.05, 4.69) is 10.2 Å². The predicted octanol–water partition coefficient (Wildman–Crippen LogP) is 1.30. The number of carbonyl (C=O) groups excluding carboxylic acids is 1. The Kier molecular flexibility index (Phi) is 2.24. The van der Waals surface area contributed by atoms with Gasteiger partial charge in [0, 0.05) is 5.56 Å². The molecule has 1 aromatic heterocycles. The lowest BCUT2D eigenvalue weighted by Gasteiger charge is -1.91. The molecule has 2 aromatic rings. The van der Waals surface area contributed by atoms with Crippen molar-refractivity contribution in [2.45, 2.75) is 0 Å². The Balaban J connectivity index is 2.39. The van der Waals surface area contributed by atoms with Crippen molar-refractivity contribution in [2.24, 2.45) is 5.73 Å². The quantitative estimate of drug-likeness (QED) is 0.803. The van der Waals surface area contributed by atoms with Crippen LogP contribution in [-0.4, -0.2) is 16.1 Å². The smallest absolute Gasteiger partial charge is 0.279 e. The monoisotopic (exact) mass is 205 g/mol. The number of rotatable bonds is 2. The first-order chi connectivity index (χ1) is 6.77. The average molecular weight is 205 g/mol. The number of hydrogen-bond acceptors (Lipinski definition) is 4. The zero-order valence-corrected chi connectivity index (χ0v) is 7.99. The van der Waals surface area contributed by atoms with Gasteiger partial charge in [-0.25, -0.2) is 0 Å². The molecule has 2 rings (SSSR count). The van der Waals surface area contributed by atoms with Crippen molar-refractivity contribution < 1.29 is 4.79 Å². The van der Waals surface area contributed by atoms with Crippen LogP contribution in [0.2, 0.25) is 0 Å². The number of nitrogens with zero attached hydrogens (tertiary/aromatic N) is 2. The second-order valence-corrected chi connectivity index (χ2v) is 3.62. The van der Waals surface area contributed by atoms with Gasteiger partial charge in [-0.3, -0.25) is 4.79 Å². The van der Waals surface area contributed by atoms with Gasteiger partial charge in [0.05, 0.1) is 0 Å². The molecule has 0 atom stereocenters. The fourth-order valence-electron chi connectivity index (χ4n) is 1.02. The third-order valence-electron chi connectivity index (χ3n) is 1.66.